The van der Waals surface area contributed by atoms with Gasteiger partial charge in [0.15, 0.2) is 0 Å². The van der Waals surface area contributed by atoms with Crippen molar-refractivity contribution in [2.45, 2.75) is 38.4 Å². The minimum atomic E-state index is -4.23. The fraction of sp³-hybridized carbons (Fsp3) is 0.818. The first-order chi connectivity index (χ1) is 7.93. The number of rotatable bonds is 4. The molecule has 1 rings (SSSR count). The van der Waals surface area contributed by atoms with Gasteiger partial charge in [0.1, 0.15) is 11.4 Å². The monoisotopic (exact) mass is 280 g/mol. The van der Waals surface area contributed by atoms with Crippen LogP contribution in [0, 0.1) is 5.41 Å². The van der Waals surface area contributed by atoms with E-state index in [-0.39, 0.29) is 6.42 Å². The van der Waals surface area contributed by atoms with E-state index in [4.69, 9.17) is 9.44 Å². The van der Waals surface area contributed by atoms with Crippen LogP contribution in [0.4, 0.5) is 0 Å². The largest absolute Gasteiger partial charge is 0.386 e. The molecular weight excluding hydrogens is 260 g/mol. The summed E-state index contributed by atoms with van der Waals surface area (Å²) in [6.45, 7) is 5.20. The Balaban J connectivity index is 3.17. The highest BCUT2D eigenvalue weighted by atomic mass is 32.2. The van der Waals surface area contributed by atoms with Crippen molar-refractivity contribution in [3.05, 3.63) is 12.2 Å². The van der Waals surface area contributed by atoms with E-state index in [0.717, 1.165) is 0 Å². The zero-order chi connectivity index (χ0) is 14.2. The molecule has 0 bridgehead atoms. The molecule has 18 heavy (non-hydrogen) atoms. The molecule has 0 saturated carbocycles. The summed E-state index contributed by atoms with van der Waals surface area (Å²) in [5.41, 5.74) is -3.02. The van der Waals surface area contributed by atoms with Crippen molar-refractivity contribution in [1.29, 1.82) is 0 Å². The molecule has 2 atom stereocenters. The van der Waals surface area contributed by atoms with Crippen LogP contribution in [-0.4, -0.2) is 42.1 Å². The van der Waals surface area contributed by atoms with Gasteiger partial charge in [-0.25, -0.2) is 9.78 Å². The fourth-order valence-corrected chi connectivity index (χ4v) is 3.04. The lowest BCUT2D eigenvalue weighted by atomic mass is 9.65. The Morgan fingerprint density at radius 1 is 1.28 bits per heavy atom. The van der Waals surface area contributed by atoms with Crippen LogP contribution in [0.2, 0.25) is 0 Å². The minimum absolute atomic E-state index is 0.192. The van der Waals surface area contributed by atoms with E-state index < -0.39 is 32.5 Å². The normalized spacial score (nSPS) is 35.7. The molecule has 0 aromatic rings. The van der Waals surface area contributed by atoms with E-state index >= 15 is 0 Å². The van der Waals surface area contributed by atoms with Gasteiger partial charge < -0.3 is 5.11 Å². The lowest BCUT2D eigenvalue weighted by molar-refractivity contribution is -0.335. The number of hydrogen-bond acceptors (Lipinski definition) is 5. The smallest absolute Gasteiger partial charge is 0.268 e. The van der Waals surface area contributed by atoms with Crippen LogP contribution in [0.25, 0.3) is 0 Å². The average molecular weight is 280 g/mol. The molecule has 0 aliphatic heterocycles. The Kier molecular flexibility index (Phi) is 3.96. The lowest BCUT2D eigenvalue weighted by Gasteiger charge is -2.47. The third kappa shape index (κ3) is 3.30. The van der Waals surface area contributed by atoms with E-state index in [2.05, 4.69) is 4.89 Å². The molecule has 0 radical (unpaired) electrons. The van der Waals surface area contributed by atoms with Gasteiger partial charge in [0.25, 0.3) is 10.1 Å². The molecule has 7 heteroatoms. The van der Waals surface area contributed by atoms with Gasteiger partial charge >= 0.3 is 0 Å². The molecule has 0 heterocycles. The molecule has 1 aliphatic carbocycles. The van der Waals surface area contributed by atoms with E-state index in [1.165, 1.54) is 19.3 Å². The highest BCUT2D eigenvalue weighted by molar-refractivity contribution is 7.85. The van der Waals surface area contributed by atoms with Gasteiger partial charge in [0.05, 0.1) is 12.7 Å². The number of aliphatic hydroxyl groups is 1. The zero-order valence-corrected chi connectivity index (χ0v) is 11.8. The molecule has 0 saturated heterocycles. The van der Waals surface area contributed by atoms with Crippen LogP contribution in [0.1, 0.15) is 27.2 Å². The van der Waals surface area contributed by atoms with Crippen molar-refractivity contribution in [2.24, 2.45) is 5.41 Å². The highest BCUT2D eigenvalue weighted by Gasteiger charge is 2.50. The summed E-state index contributed by atoms with van der Waals surface area (Å²) in [6.07, 6.45) is 3.09. The maximum atomic E-state index is 11.1. The first-order valence-corrected chi connectivity index (χ1v) is 7.14. The molecule has 0 aromatic carbocycles. The second-order valence-corrected chi connectivity index (χ2v) is 7.04. The van der Waals surface area contributed by atoms with Crippen molar-refractivity contribution in [2.75, 3.05) is 12.9 Å². The average Bonchev–Trinajstić information content (AvgIpc) is 2.09. The zero-order valence-electron chi connectivity index (χ0n) is 11.0. The van der Waals surface area contributed by atoms with Gasteiger partial charge in [-0.1, -0.05) is 19.9 Å². The first kappa shape index (κ1) is 15.6. The maximum Gasteiger partial charge on any atom is 0.268 e. The maximum absolute atomic E-state index is 11.1. The Morgan fingerprint density at radius 2 is 1.83 bits per heavy atom. The highest BCUT2D eigenvalue weighted by Crippen LogP contribution is 2.45. The Bertz CT molecular complexity index is 436. The molecule has 0 spiro atoms. The van der Waals surface area contributed by atoms with Crippen molar-refractivity contribution < 1.29 is 27.9 Å². The van der Waals surface area contributed by atoms with Gasteiger partial charge in [0.2, 0.25) is 0 Å². The Hall–Kier alpha value is -0.470. The third-order valence-corrected chi connectivity index (χ3v) is 4.35. The van der Waals surface area contributed by atoms with Crippen molar-refractivity contribution in [3.8, 4) is 0 Å². The second kappa shape index (κ2) is 4.57. The predicted molar refractivity (Wildman–Crippen MR) is 65.4 cm³/mol. The van der Waals surface area contributed by atoms with E-state index in [0.29, 0.717) is 0 Å². The topological polar surface area (TPSA) is 93.1 Å². The van der Waals surface area contributed by atoms with Crippen molar-refractivity contribution in [1.82, 2.24) is 0 Å². The SMILES string of the molecule is COOC1(CS(=O)(=O)O)C=CC(C)(O)C(C)(C)C1. The van der Waals surface area contributed by atoms with Crippen molar-refractivity contribution >= 4 is 10.1 Å². The predicted octanol–water partition coefficient (Wildman–Crippen LogP) is 0.928. The van der Waals surface area contributed by atoms with Gasteiger partial charge in [-0.2, -0.15) is 8.42 Å². The molecule has 1 aliphatic rings. The summed E-state index contributed by atoms with van der Waals surface area (Å²) in [7, 11) is -2.97. The molecular formula is C11H20O6S. The van der Waals surface area contributed by atoms with Gasteiger partial charge in [-0.15, -0.1) is 0 Å². The van der Waals surface area contributed by atoms with E-state index in [1.807, 2.05) is 0 Å². The Labute approximate surface area is 107 Å². The van der Waals surface area contributed by atoms with Crippen LogP contribution in [0.15, 0.2) is 12.2 Å². The fourth-order valence-electron chi connectivity index (χ4n) is 2.18. The summed E-state index contributed by atoms with van der Waals surface area (Å²) < 4.78 is 31.2. The molecule has 0 fully saturated rings. The number of hydrogen-bond donors (Lipinski definition) is 2. The van der Waals surface area contributed by atoms with Crippen LogP contribution in [0.3, 0.4) is 0 Å². The third-order valence-electron chi connectivity index (χ3n) is 3.50. The minimum Gasteiger partial charge on any atom is -0.386 e. The van der Waals surface area contributed by atoms with Crippen LogP contribution in [0.5, 0.6) is 0 Å². The van der Waals surface area contributed by atoms with Gasteiger partial charge in [-0.05, 0) is 19.4 Å². The van der Waals surface area contributed by atoms with Crippen molar-refractivity contribution in [3.63, 3.8) is 0 Å². The molecule has 106 valence electrons. The second-order valence-electron chi connectivity index (χ2n) is 5.58. The molecule has 2 N–H and O–H groups in total. The first-order valence-electron chi connectivity index (χ1n) is 5.53. The van der Waals surface area contributed by atoms with Gasteiger partial charge in [0, 0.05) is 5.41 Å². The standard InChI is InChI=1S/C11H20O6S/c1-9(2)7-11(17-16-4,8-18(13,14)15)6-5-10(9,3)12/h5-6,12H,7-8H2,1-4H3,(H,13,14,15). The van der Waals surface area contributed by atoms with Crippen LogP contribution < -0.4 is 0 Å². The molecule has 0 amide bonds. The molecule has 6 nitrogen and oxygen atoms in total. The summed E-state index contributed by atoms with van der Waals surface area (Å²) in [5, 5.41) is 10.2. The van der Waals surface area contributed by atoms with Crippen LogP contribution in [-0.2, 0) is 19.9 Å². The summed E-state index contributed by atoms with van der Waals surface area (Å²) in [4.78, 5) is 9.62. The molecule has 0 aromatic heterocycles. The Morgan fingerprint density at radius 3 is 2.22 bits per heavy atom. The lowest BCUT2D eigenvalue weighted by Crippen LogP contribution is -2.53. The van der Waals surface area contributed by atoms with E-state index in [1.54, 1.807) is 20.8 Å². The summed E-state index contributed by atoms with van der Waals surface area (Å²) in [6, 6.07) is 0. The van der Waals surface area contributed by atoms with Crippen LogP contribution >= 0.6 is 0 Å². The summed E-state index contributed by atoms with van der Waals surface area (Å²) in [5.74, 6) is -0.621. The quantitative estimate of drug-likeness (QED) is 0.344. The summed E-state index contributed by atoms with van der Waals surface area (Å²) >= 11 is 0. The van der Waals surface area contributed by atoms with E-state index in [9.17, 15) is 13.5 Å². The van der Waals surface area contributed by atoms with Gasteiger partial charge in [-0.3, -0.25) is 4.55 Å². The molecule has 2 unspecified atom stereocenters.